The van der Waals surface area contributed by atoms with Gasteiger partial charge in [0.15, 0.2) is 0 Å². The number of fused-ring (bicyclic) bond motifs is 1. The van der Waals surface area contributed by atoms with Gasteiger partial charge in [-0.3, -0.25) is 4.79 Å². The van der Waals surface area contributed by atoms with Gasteiger partial charge in [-0.15, -0.1) is 0 Å². The van der Waals surface area contributed by atoms with Crippen LogP contribution in [0.5, 0.6) is 11.6 Å². The van der Waals surface area contributed by atoms with Crippen LogP contribution in [-0.4, -0.2) is 29.8 Å². The first-order valence-electron chi connectivity index (χ1n) is 9.92. The first-order valence-corrected chi connectivity index (χ1v) is 9.92. The van der Waals surface area contributed by atoms with E-state index in [4.69, 9.17) is 4.74 Å². The average molecular weight is 392 g/mol. The molecule has 0 bridgehead atoms. The van der Waals surface area contributed by atoms with Crippen LogP contribution < -0.4 is 9.64 Å². The molecule has 0 spiro atoms. The fraction of sp³-hybridized carbons (Fsp3) is 0.375. The topological polar surface area (TPSA) is 55.3 Å². The zero-order valence-corrected chi connectivity index (χ0v) is 17.9. The largest absolute Gasteiger partial charge is 0.438 e. The van der Waals surface area contributed by atoms with Crippen molar-refractivity contribution in [2.45, 2.75) is 40.0 Å². The lowest BCUT2D eigenvalue weighted by atomic mass is 9.89. The van der Waals surface area contributed by atoms with Crippen molar-refractivity contribution in [3.8, 4) is 11.6 Å². The predicted molar refractivity (Wildman–Crippen MR) is 118 cm³/mol. The van der Waals surface area contributed by atoms with Gasteiger partial charge < -0.3 is 9.64 Å². The molecular weight excluding hydrogens is 362 g/mol. The molecule has 1 heterocycles. The van der Waals surface area contributed by atoms with E-state index in [2.05, 4.69) is 30.7 Å². The number of rotatable bonds is 7. The average Bonchev–Trinajstić information content (AvgIpc) is 2.67. The van der Waals surface area contributed by atoms with E-state index in [9.17, 15) is 4.79 Å². The van der Waals surface area contributed by atoms with Crippen molar-refractivity contribution in [3.05, 3.63) is 54.4 Å². The van der Waals surface area contributed by atoms with Crippen molar-refractivity contribution in [1.82, 2.24) is 9.97 Å². The van der Waals surface area contributed by atoms with Gasteiger partial charge in [0.1, 0.15) is 17.9 Å². The molecule has 3 aromatic rings. The zero-order chi connectivity index (χ0) is 21.0. The second-order valence-electron chi connectivity index (χ2n) is 8.80. The Hall–Kier alpha value is -2.95. The highest BCUT2D eigenvalue weighted by molar-refractivity contribution is 5.86. The zero-order valence-electron chi connectivity index (χ0n) is 17.9. The number of aromatic nitrogens is 2. The molecule has 29 heavy (non-hydrogen) atoms. The number of carbonyl (C=O) groups is 1. The number of ketones is 1. The van der Waals surface area contributed by atoms with Crippen LogP contribution in [0, 0.1) is 5.41 Å². The van der Waals surface area contributed by atoms with Crippen molar-refractivity contribution in [2.75, 3.05) is 19.0 Å². The van der Waals surface area contributed by atoms with Crippen LogP contribution in [0.3, 0.4) is 0 Å². The monoisotopic (exact) mass is 391 g/mol. The lowest BCUT2D eigenvalue weighted by Crippen LogP contribution is -2.10. The van der Waals surface area contributed by atoms with Crippen molar-refractivity contribution in [3.63, 3.8) is 0 Å². The summed E-state index contributed by atoms with van der Waals surface area (Å²) >= 11 is 0. The van der Waals surface area contributed by atoms with E-state index in [1.54, 1.807) is 0 Å². The smallest absolute Gasteiger partial charge is 0.230 e. The third kappa shape index (κ3) is 5.76. The molecule has 0 amide bonds. The van der Waals surface area contributed by atoms with Crippen LogP contribution in [-0.2, 0) is 11.2 Å². The molecular formula is C24H29N3O2. The Labute approximate surface area is 172 Å². The van der Waals surface area contributed by atoms with Gasteiger partial charge in [-0.25, -0.2) is 9.97 Å². The summed E-state index contributed by atoms with van der Waals surface area (Å²) in [5.74, 6) is 1.48. The Kier molecular flexibility index (Phi) is 6.16. The minimum Gasteiger partial charge on any atom is -0.438 e. The molecule has 0 fully saturated rings. The second-order valence-corrected chi connectivity index (χ2v) is 8.80. The molecule has 5 nitrogen and oxygen atoms in total. The Balaban J connectivity index is 1.69. The van der Waals surface area contributed by atoms with Crippen molar-refractivity contribution in [2.24, 2.45) is 5.41 Å². The van der Waals surface area contributed by atoms with E-state index >= 15 is 0 Å². The fourth-order valence-corrected chi connectivity index (χ4v) is 3.00. The maximum atomic E-state index is 12.2. The number of benzene rings is 2. The van der Waals surface area contributed by atoms with Crippen molar-refractivity contribution >= 4 is 22.4 Å². The van der Waals surface area contributed by atoms with Crippen LogP contribution >= 0.6 is 0 Å². The summed E-state index contributed by atoms with van der Waals surface area (Å²) in [5, 5.41) is 0.861. The maximum Gasteiger partial charge on any atom is 0.230 e. The number of nitrogens with zero attached hydrogens (tertiary/aromatic N) is 3. The Bertz CT molecular complexity index is 989. The van der Waals surface area contributed by atoms with Crippen molar-refractivity contribution < 1.29 is 9.53 Å². The fourth-order valence-electron chi connectivity index (χ4n) is 3.00. The summed E-state index contributed by atoms with van der Waals surface area (Å²) in [6.45, 7) is 6.47. The molecule has 0 saturated heterocycles. The van der Waals surface area contributed by atoms with Gasteiger partial charge >= 0.3 is 0 Å². The summed E-state index contributed by atoms with van der Waals surface area (Å²) in [5.41, 5.74) is 3.09. The Morgan fingerprint density at radius 1 is 1.03 bits per heavy atom. The van der Waals surface area contributed by atoms with Gasteiger partial charge in [-0.2, -0.15) is 0 Å². The summed E-state index contributed by atoms with van der Waals surface area (Å²) in [4.78, 5) is 22.9. The number of ether oxygens (including phenoxy) is 1. The van der Waals surface area contributed by atoms with Gasteiger partial charge in [0.25, 0.3) is 0 Å². The van der Waals surface area contributed by atoms with Crippen LogP contribution in [0.4, 0.5) is 5.69 Å². The summed E-state index contributed by atoms with van der Waals surface area (Å²) < 4.78 is 5.99. The summed E-state index contributed by atoms with van der Waals surface area (Å²) in [6, 6.07) is 13.7. The van der Waals surface area contributed by atoms with E-state index in [0.717, 1.165) is 28.6 Å². The minimum atomic E-state index is 0.182. The van der Waals surface area contributed by atoms with Crippen LogP contribution in [0.15, 0.2) is 48.8 Å². The van der Waals surface area contributed by atoms with E-state index in [0.29, 0.717) is 24.5 Å². The molecule has 1 aromatic heterocycles. The third-order valence-electron chi connectivity index (χ3n) is 4.79. The lowest BCUT2D eigenvalue weighted by Gasteiger charge is -2.17. The quantitative estimate of drug-likeness (QED) is 0.538. The number of anilines is 1. The van der Waals surface area contributed by atoms with Crippen LogP contribution in [0.1, 0.15) is 39.2 Å². The molecule has 0 aliphatic heterocycles. The number of Topliss-reactive ketones (excluding diaryl/α,β-unsaturated/α-hetero) is 1. The van der Waals surface area contributed by atoms with Crippen LogP contribution in [0.25, 0.3) is 10.9 Å². The summed E-state index contributed by atoms with van der Waals surface area (Å²) in [7, 11) is 3.99. The van der Waals surface area contributed by atoms with Gasteiger partial charge in [0.05, 0.1) is 10.9 Å². The molecule has 0 aliphatic carbocycles. The molecule has 0 atom stereocenters. The number of hydrogen-bond acceptors (Lipinski definition) is 5. The highest BCUT2D eigenvalue weighted by Crippen LogP contribution is 2.29. The van der Waals surface area contributed by atoms with Gasteiger partial charge in [0.2, 0.25) is 5.88 Å². The van der Waals surface area contributed by atoms with E-state index in [1.807, 2.05) is 61.5 Å². The molecule has 0 radical (unpaired) electrons. The highest BCUT2D eigenvalue weighted by Gasteiger charge is 2.13. The first-order chi connectivity index (χ1) is 13.7. The van der Waals surface area contributed by atoms with Gasteiger partial charge in [0, 0.05) is 32.6 Å². The summed E-state index contributed by atoms with van der Waals surface area (Å²) in [6.07, 6.45) is 3.49. The van der Waals surface area contributed by atoms with Crippen molar-refractivity contribution in [1.29, 1.82) is 0 Å². The lowest BCUT2D eigenvalue weighted by molar-refractivity contribution is -0.118. The standard InChI is InChI=1S/C24H29N3O2/c1-24(2,3)13-12-19(28)14-17-6-9-20(10-7-17)29-23-21-11-8-18(27(4)5)15-22(21)25-16-26-23/h6-11,15-16H,12-14H2,1-5H3. The maximum absolute atomic E-state index is 12.2. The molecule has 0 N–H and O–H groups in total. The minimum absolute atomic E-state index is 0.182. The molecule has 3 rings (SSSR count). The molecule has 0 aliphatic rings. The number of carbonyl (C=O) groups excluding carboxylic acids is 1. The molecule has 5 heteroatoms. The second kappa shape index (κ2) is 8.60. The molecule has 0 saturated carbocycles. The van der Waals surface area contributed by atoms with E-state index in [-0.39, 0.29) is 11.2 Å². The normalized spacial score (nSPS) is 11.5. The van der Waals surface area contributed by atoms with E-state index in [1.165, 1.54) is 6.33 Å². The first kappa shape index (κ1) is 20.8. The predicted octanol–water partition coefficient (Wildman–Crippen LogP) is 5.43. The van der Waals surface area contributed by atoms with Gasteiger partial charge in [-0.05, 0) is 47.7 Å². The highest BCUT2D eigenvalue weighted by atomic mass is 16.5. The Morgan fingerprint density at radius 3 is 2.41 bits per heavy atom. The molecule has 0 unspecified atom stereocenters. The van der Waals surface area contributed by atoms with Gasteiger partial charge in [-0.1, -0.05) is 32.9 Å². The third-order valence-corrected chi connectivity index (χ3v) is 4.79. The van der Waals surface area contributed by atoms with E-state index < -0.39 is 0 Å². The molecule has 152 valence electrons. The number of hydrogen-bond donors (Lipinski definition) is 0. The SMILES string of the molecule is CN(C)c1ccc2c(Oc3ccc(CC(=O)CCC(C)(C)C)cc3)ncnc2c1. The molecule has 2 aromatic carbocycles. The Morgan fingerprint density at radius 2 is 1.76 bits per heavy atom. The van der Waals surface area contributed by atoms with Crippen LogP contribution in [0.2, 0.25) is 0 Å².